The molecular formula is C28H31F2N3O4. The number of aromatic nitrogens is 2. The Hall–Kier alpha value is -3.33. The summed E-state index contributed by atoms with van der Waals surface area (Å²) in [6.45, 7) is 3.56. The highest BCUT2D eigenvalue weighted by Crippen LogP contribution is 2.42. The SMILES string of the molecule is COC(=O)N1c2ccc3c(nc([C@H](O)c4cc(F)cc(F)c4)n3[C@@H]3CCC[C@@H](C(C)=O)C3)c2CC[C@@H]1C. The number of nitrogens with zero attached hydrogens (tertiary/aromatic N) is 3. The van der Waals surface area contributed by atoms with Crippen LogP contribution in [0, 0.1) is 17.6 Å². The van der Waals surface area contributed by atoms with Crippen LogP contribution in [0.3, 0.4) is 0 Å². The molecule has 196 valence electrons. The summed E-state index contributed by atoms with van der Waals surface area (Å²) >= 11 is 0. The van der Waals surface area contributed by atoms with Gasteiger partial charge in [0.25, 0.3) is 0 Å². The van der Waals surface area contributed by atoms with E-state index in [9.17, 15) is 23.5 Å². The van der Waals surface area contributed by atoms with E-state index >= 15 is 0 Å². The molecule has 0 spiro atoms. The molecule has 1 fully saturated rings. The molecule has 0 saturated heterocycles. The molecule has 37 heavy (non-hydrogen) atoms. The molecule has 0 bridgehead atoms. The lowest BCUT2D eigenvalue weighted by atomic mass is 9.83. The smallest absolute Gasteiger partial charge is 0.414 e. The molecule has 2 heterocycles. The number of ketones is 1. The second-order valence-corrected chi connectivity index (χ2v) is 10.2. The van der Waals surface area contributed by atoms with Crippen molar-refractivity contribution in [1.82, 2.24) is 9.55 Å². The molecule has 1 N–H and O–H groups in total. The molecule has 5 rings (SSSR count). The lowest BCUT2D eigenvalue weighted by Gasteiger charge is -2.34. The number of aliphatic hydroxyl groups excluding tert-OH is 1. The summed E-state index contributed by atoms with van der Waals surface area (Å²) in [4.78, 5) is 31.3. The summed E-state index contributed by atoms with van der Waals surface area (Å²) in [6.07, 6.45) is 2.57. The van der Waals surface area contributed by atoms with Gasteiger partial charge in [0, 0.05) is 29.6 Å². The number of aliphatic hydroxyl groups is 1. The van der Waals surface area contributed by atoms with Crippen LogP contribution in [-0.2, 0) is 16.0 Å². The summed E-state index contributed by atoms with van der Waals surface area (Å²) in [5, 5.41) is 11.4. The minimum Gasteiger partial charge on any atom is -0.452 e. The number of carbonyl (C=O) groups excluding carboxylic acids is 2. The zero-order valence-corrected chi connectivity index (χ0v) is 21.2. The summed E-state index contributed by atoms with van der Waals surface area (Å²) in [5.74, 6) is -1.27. The monoisotopic (exact) mass is 511 g/mol. The van der Waals surface area contributed by atoms with E-state index in [1.165, 1.54) is 7.11 Å². The normalized spacial score (nSPS) is 22.5. The fraction of sp³-hybridized carbons (Fsp3) is 0.464. The predicted molar refractivity (Wildman–Crippen MR) is 134 cm³/mol. The van der Waals surface area contributed by atoms with Crippen molar-refractivity contribution in [3.63, 3.8) is 0 Å². The number of amides is 1. The van der Waals surface area contributed by atoms with Crippen LogP contribution in [0.15, 0.2) is 30.3 Å². The number of hydrogen-bond donors (Lipinski definition) is 1. The molecular weight excluding hydrogens is 480 g/mol. The molecule has 9 heteroatoms. The van der Waals surface area contributed by atoms with Crippen molar-refractivity contribution in [3.8, 4) is 0 Å². The van der Waals surface area contributed by atoms with Crippen molar-refractivity contribution in [2.45, 2.75) is 70.6 Å². The fourth-order valence-corrected chi connectivity index (χ4v) is 6.02. The van der Waals surface area contributed by atoms with Gasteiger partial charge in [0.05, 0.1) is 23.8 Å². The molecule has 2 aromatic carbocycles. The van der Waals surface area contributed by atoms with E-state index in [0.29, 0.717) is 30.5 Å². The molecule has 1 aliphatic heterocycles. The maximum Gasteiger partial charge on any atom is 0.414 e. The summed E-state index contributed by atoms with van der Waals surface area (Å²) in [5.41, 5.74) is 3.02. The quantitative estimate of drug-likeness (QED) is 0.491. The van der Waals surface area contributed by atoms with Gasteiger partial charge in [-0.3, -0.25) is 9.69 Å². The van der Waals surface area contributed by atoms with Gasteiger partial charge in [-0.05, 0) is 75.8 Å². The van der Waals surface area contributed by atoms with Crippen molar-refractivity contribution >= 4 is 28.6 Å². The number of aryl methyl sites for hydroxylation is 1. The number of hydrogen-bond acceptors (Lipinski definition) is 5. The standard InChI is InChI=1S/C28H31F2N3O4/c1-15-7-8-22-23(32(15)28(36)37-3)9-10-24-25(22)31-27(26(35)18-11-19(29)14-20(30)12-18)33(24)21-6-4-5-17(13-21)16(2)34/h9-12,14-15,17,21,26,35H,4-8,13H2,1-3H3/t15-,17+,21+,26+/m0/s1. The van der Waals surface area contributed by atoms with Crippen LogP contribution in [0.1, 0.15) is 75.0 Å². The molecule has 1 aromatic heterocycles. The third-order valence-electron chi connectivity index (χ3n) is 7.88. The molecule has 7 nitrogen and oxygen atoms in total. The van der Waals surface area contributed by atoms with Crippen molar-refractivity contribution in [2.75, 3.05) is 12.0 Å². The van der Waals surface area contributed by atoms with E-state index < -0.39 is 23.8 Å². The van der Waals surface area contributed by atoms with Crippen molar-refractivity contribution in [2.24, 2.45) is 5.92 Å². The van der Waals surface area contributed by atoms with Gasteiger partial charge in [-0.1, -0.05) is 6.42 Å². The fourth-order valence-electron chi connectivity index (χ4n) is 6.02. The second-order valence-electron chi connectivity index (χ2n) is 10.2. The molecule has 1 aliphatic carbocycles. The highest BCUT2D eigenvalue weighted by Gasteiger charge is 2.35. The maximum absolute atomic E-state index is 14.1. The minimum atomic E-state index is -1.38. The first-order chi connectivity index (χ1) is 17.7. The van der Waals surface area contributed by atoms with Crippen LogP contribution in [0.25, 0.3) is 11.0 Å². The Morgan fingerprint density at radius 3 is 2.54 bits per heavy atom. The average Bonchev–Trinajstić information content (AvgIpc) is 3.27. The number of methoxy groups -OCH3 is 1. The average molecular weight is 512 g/mol. The van der Waals surface area contributed by atoms with Gasteiger partial charge in [-0.15, -0.1) is 0 Å². The minimum absolute atomic E-state index is 0.0607. The van der Waals surface area contributed by atoms with Gasteiger partial charge < -0.3 is 14.4 Å². The molecule has 4 atom stereocenters. The Morgan fingerprint density at radius 1 is 1.14 bits per heavy atom. The first-order valence-corrected chi connectivity index (χ1v) is 12.7. The third kappa shape index (κ3) is 4.50. The van der Waals surface area contributed by atoms with E-state index in [0.717, 1.165) is 48.5 Å². The lowest BCUT2D eigenvalue weighted by molar-refractivity contribution is -0.122. The van der Waals surface area contributed by atoms with E-state index in [1.807, 2.05) is 23.6 Å². The van der Waals surface area contributed by atoms with Crippen molar-refractivity contribution in [3.05, 3.63) is 58.9 Å². The lowest BCUT2D eigenvalue weighted by Crippen LogP contribution is -2.42. The van der Waals surface area contributed by atoms with E-state index in [2.05, 4.69) is 0 Å². The van der Waals surface area contributed by atoms with E-state index in [1.54, 1.807) is 11.8 Å². The Bertz CT molecular complexity index is 1350. The second kappa shape index (κ2) is 9.85. The number of anilines is 1. The van der Waals surface area contributed by atoms with E-state index in [-0.39, 0.29) is 35.2 Å². The number of fused-ring (bicyclic) bond motifs is 3. The highest BCUT2D eigenvalue weighted by atomic mass is 19.1. The van der Waals surface area contributed by atoms with Gasteiger partial charge >= 0.3 is 6.09 Å². The summed E-state index contributed by atoms with van der Waals surface area (Å²) in [6, 6.07) is 6.53. The van der Waals surface area contributed by atoms with Crippen LogP contribution in [0.4, 0.5) is 19.3 Å². The maximum atomic E-state index is 14.1. The van der Waals surface area contributed by atoms with Gasteiger partial charge in [0.2, 0.25) is 0 Å². The van der Waals surface area contributed by atoms with Crippen LogP contribution in [0.2, 0.25) is 0 Å². The van der Waals surface area contributed by atoms with Gasteiger partial charge in [0.15, 0.2) is 0 Å². The Kier molecular flexibility index (Phi) is 6.74. The largest absolute Gasteiger partial charge is 0.452 e. The number of ether oxygens (including phenoxy) is 1. The van der Waals surface area contributed by atoms with Crippen LogP contribution in [-0.4, -0.2) is 39.7 Å². The molecule has 2 aliphatic rings. The van der Waals surface area contributed by atoms with Gasteiger partial charge in [-0.2, -0.15) is 0 Å². The first kappa shape index (κ1) is 25.3. The first-order valence-electron chi connectivity index (χ1n) is 12.7. The zero-order valence-electron chi connectivity index (χ0n) is 21.2. The van der Waals surface area contributed by atoms with Gasteiger partial charge in [0.1, 0.15) is 29.3 Å². The predicted octanol–water partition coefficient (Wildman–Crippen LogP) is 5.62. The van der Waals surface area contributed by atoms with E-state index in [4.69, 9.17) is 9.72 Å². The number of rotatable bonds is 4. The highest BCUT2D eigenvalue weighted by molar-refractivity contribution is 5.95. The third-order valence-corrected chi connectivity index (χ3v) is 7.88. The van der Waals surface area contributed by atoms with Crippen molar-refractivity contribution < 1.29 is 28.2 Å². The van der Waals surface area contributed by atoms with Crippen molar-refractivity contribution in [1.29, 1.82) is 0 Å². The molecule has 1 saturated carbocycles. The number of Topliss-reactive ketones (excluding diaryl/α,β-unsaturated/α-hetero) is 1. The molecule has 0 radical (unpaired) electrons. The number of benzene rings is 2. The van der Waals surface area contributed by atoms with Crippen LogP contribution in [0.5, 0.6) is 0 Å². The number of carbonyl (C=O) groups is 2. The Morgan fingerprint density at radius 2 is 1.86 bits per heavy atom. The number of imidazole rings is 1. The number of halogens is 2. The summed E-state index contributed by atoms with van der Waals surface area (Å²) in [7, 11) is 1.34. The Labute approximate surface area is 214 Å². The van der Waals surface area contributed by atoms with Crippen LogP contribution < -0.4 is 4.90 Å². The molecule has 3 aromatic rings. The molecule has 1 amide bonds. The zero-order chi connectivity index (χ0) is 26.4. The van der Waals surface area contributed by atoms with Crippen LogP contribution >= 0.6 is 0 Å². The topological polar surface area (TPSA) is 84.7 Å². The van der Waals surface area contributed by atoms with Gasteiger partial charge in [-0.25, -0.2) is 18.6 Å². The summed E-state index contributed by atoms with van der Waals surface area (Å²) < 4.78 is 35.1. The Balaban J connectivity index is 1.71. The molecule has 0 unspecified atom stereocenters.